The number of aryl methyl sites for hydroxylation is 2. The normalized spacial score (nSPS) is 21.3. The van der Waals surface area contributed by atoms with Crippen LogP contribution in [0.3, 0.4) is 0 Å². The molecule has 17 heavy (non-hydrogen) atoms. The molecular weight excluding hydrogens is 208 g/mol. The number of rotatable bonds is 1. The number of allylic oxidation sites excluding steroid dienone is 2. The van der Waals surface area contributed by atoms with Crippen molar-refractivity contribution in [3.63, 3.8) is 0 Å². The Balaban J connectivity index is 1.85. The molecule has 1 heterocycles. The summed E-state index contributed by atoms with van der Waals surface area (Å²) in [6.45, 7) is 0. The Morgan fingerprint density at radius 3 is 2.65 bits per heavy atom. The van der Waals surface area contributed by atoms with E-state index in [0.29, 0.717) is 0 Å². The molecule has 2 aliphatic rings. The highest BCUT2D eigenvalue weighted by molar-refractivity contribution is 5.62. The summed E-state index contributed by atoms with van der Waals surface area (Å²) >= 11 is 0. The number of hydrogen-bond acceptors (Lipinski definition) is 1. The molecule has 0 saturated carbocycles. The van der Waals surface area contributed by atoms with Gasteiger partial charge in [0.1, 0.15) is 11.5 Å². The van der Waals surface area contributed by atoms with Crippen LogP contribution < -0.4 is 0 Å². The summed E-state index contributed by atoms with van der Waals surface area (Å²) in [6, 6.07) is 2.33. The van der Waals surface area contributed by atoms with Crippen LogP contribution in [0.5, 0.6) is 0 Å². The molecule has 0 radical (unpaired) electrons. The molecule has 1 nitrogen and oxygen atoms in total. The fraction of sp³-hybridized carbons (Fsp3) is 0.625. The smallest absolute Gasteiger partial charge is 0.130 e. The molecular formula is C16H22O. The Labute approximate surface area is 104 Å². The van der Waals surface area contributed by atoms with Gasteiger partial charge in [-0.15, -0.1) is 0 Å². The molecule has 1 aromatic rings. The molecule has 2 aliphatic carbocycles. The third-order valence-electron chi connectivity index (χ3n) is 4.10. The standard InChI is InChI=1S/C16H22O/c1-2-5-9-13(8-4-1)16-12-14-10-6-3-7-11-15(14)17-16/h8,12H,1-7,9-11H2. The summed E-state index contributed by atoms with van der Waals surface area (Å²) in [6.07, 6.45) is 15.3. The van der Waals surface area contributed by atoms with E-state index in [0.717, 1.165) is 6.42 Å². The fourth-order valence-corrected chi connectivity index (χ4v) is 3.06. The third kappa shape index (κ3) is 2.48. The van der Waals surface area contributed by atoms with Gasteiger partial charge < -0.3 is 4.42 Å². The lowest BCUT2D eigenvalue weighted by Gasteiger charge is -2.01. The van der Waals surface area contributed by atoms with Gasteiger partial charge in [-0.2, -0.15) is 0 Å². The minimum absolute atomic E-state index is 1.16. The molecule has 0 aliphatic heterocycles. The third-order valence-corrected chi connectivity index (χ3v) is 4.10. The average Bonchev–Trinajstić information content (AvgIpc) is 2.58. The molecule has 0 fully saturated rings. The minimum atomic E-state index is 1.16. The molecule has 0 bridgehead atoms. The zero-order valence-corrected chi connectivity index (χ0v) is 10.6. The van der Waals surface area contributed by atoms with E-state index < -0.39 is 0 Å². The van der Waals surface area contributed by atoms with Crippen molar-refractivity contribution in [1.29, 1.82) is 0 Å². The van der Waals surface area contributed by atoms with Crippen LogP contribution in [-0.4, -0.2) is 0 Å². The molecule has 1 aromatic heterocycles. The van der Waals surface area contributed by atoms with Crippen LogP contribution in [0.1, 0.15) is 68.5 Å². The first kappa shape index (κ1) is 11.1. The van der Waals surface area contributed by atoms with Crippen molar-refractivity contribution in [3.05, 3.63) is 29.2 Å². The first-order valence-corrected chi connectivity index (χ1v) is 7.24. The second-order valence-electron chi connectivity index (χ2n) is 5.45. The van der Waals surface area contributed by atoms with Crippen molar-refractivity contribution in [3.8, 4) is 0 Å². The van der Waals surface area contributed by atoms with Gasteiger partial charge in [-0.25, -0.2) is 0 Å². The lowest BCUT2D eigenvalue weighted by molar-refractivity contribution is 0.488. The van der Waals surface area contributed by atoms with Crippen molar-refractivity contribution in [2.24, 2.45) is 0 Å². The van der Waals surface area contributed by atoms with Crippen LogP contribution >= 0.6 is 0 Å². The molecule has 0 N–H and O–H groups in total. The van der Waals surface area contributed by atoms with Gasteiger partial charge in [0.15, 0.2) is 0 Å². The first-order chi connectivity index (χ1) is 8.43. The van der Waals surface area contributed by atoms with Crippen LogP contribution in [0.2, 0.25) is 0 Å². The molecule has 0 atom stereocenters. The van der Waals surface area contributed by atoms with Crippen molar-refractivity contribution < 1.29 is 4.42 Å². The summed E-state index contributed by atoms with van der Waals surface area (Å²) < 4.78 is 6.11. The Hall–Kier alpha value is -0.980. The van der Waals surface area contributed by atoms with Crippen LogP contribution in [0.25, 0.3) is 5.57 Å². The van der Waals surface area contributed by atoms with Gasteiger partial charge in [0.2, 0.25) is 0 Å². The summed E-state index contributed by atoms with van der Waals surface area (Å²) in [4.78, 5) is 0. The first-order valence-electron chi connectivity index (χ1n) is 7.24. The van der Waals surface area contributed by atoms with Gasteiger partial charge in [0, 0.05) is 6.42 Å². The highest BCUT2D eigenvalue weighted by Crippen LogP contribution is 2.31. The van der Waals surface area contributed by atoms with Gasteiger partial charge >= 0.3 is 0 Å². The second kappa shape index (κ2) is 5.12. The summed E-state index contributed by atoms with van der Waals surface area (Å²) in [5, 5.41) is 0. The summed E-state index contributed by atoms with van der Waals surface area (Å²) in [7, 11) is 0. The average molecular weight is 230 g/mol. The quantitative estimate of drug-likeness (QED) is 0.626. The van der Waals surface area contributed by atoms with Crippen LogP contribution in [0.4, 0.5) is 0 Å². The molecule has 1 heteroatoms. The molecule has 0 spiro atoms. The number of fused-ring (bicyclic) bond motifs is 1. The van der Waals surface area contributed by atoms with E-state index in [4.69, 9.17) is 4.42 Å². The Morgan fingerprint density at radius 2 is 1.65 bits per heavy atom. The van der Waals surface area contributed by atoms with E-state index in [1.165, 1.54) is 80.4 Å². The topological polar surface area (TPSA) is 13.1 Å². The second-order valence-corrected chi connectivity index (χ2v) is 5.45. The maximum atomic E-state index is 6.11. The predicted octanol–water partition coefficient (Wildman–Crippen LogP) is 4.90. The summed E-state index contributed by atoms with van der Waals surface area (Å²) in [5.74, 6) is 2.46. The molecule has 0 aromatic carbocycles. The van der Waals surface area contributed by atoms with Gasteiger partial charge in [-0.3, -0.25) is 0 Å². The minimum Gasteiger partial charge on any atom is -0.461 e. The molecule has 0 unspecified atom stereocenters. The van der Waals surface area contributed by atoms with E-state index >= 15 is 0 Å². The molecule has 3 rings (SSSR count). The van der Waals surface area contributed by atoms with Gasteiger partial charge in [-0.05, 0) is 62.1 Å². The van der Waals surface area contributed by atoms with Gasteiger partial charge in [-0.1, -0.05) is 18.9 Å². The van der Waals surface area contributed by atoms with Crippen molar-refractivity contribution in [1.82, 2.24) is 0 Å². The lowest BCUT2D eigenvalue weighted by atomic mass is 10.1. The van der Waals surface area contributed by atoms with E-state index in [1.54, 1.807) is 0 Å². The van der Waals surface area contributed by atoms with E-state index in [-0.39, 0.29) is 0 Å². The van der Waals surface area contributed by atoms with Gasteiger partial charge in [0.05, 0.1) is 0 Å². The van der Waals surface area contributed by atoms with E-state index in [2.05, 4.69) is 12.1 Å². The summed E-state index contributed by atoms with van der Waals surface area (Å²) in [5.41, 5.74) is 2.96. The predicted molar refractivity (Wildman–Crippen MR) is 71.0 cm³/mol. The molecule has 92 valence electrons. The zero-order chi connectivity index (χ0) is 11.5. The fourth-order valence-electron chi connectivity index (χ4n) is 3.06. The SMILES string of the molecule is C1=C(c2cc3c(o2)CCCCC3)CCCCC1. The highest BCUT2D eigenvalue weighted by atomic mass is 16.3. The van der Waals surface area contributed by atoms with Crippen LogP contribution in [0.15, 0.2) is 16.6 Å². The lowest BCUT2D eigenvalue weighted by Crippen LogP contribution is -1.82. The number of hydrogen-bond donors (Lipinski definition) is 0. The number of furan rings is 1. The van der Waals surface area contributed by atoms with Crippen molar-refractivity contribution in [2.45, 2.75) is 64.2 Å². The molecule has 0 saturated heterocycles. The maximum Gasteiger partial charge on any atom is 0.130 e. The van der Waals surface area contributed by atoms with Crippen molar-refractivity contribution in [2.75, 3.05) is 0 Å². The van der Waals surface area contributed by atoms with Crippen molar-refractivity contribution >= 4 is 5.57 Å². The zero-order valence-electron chi connectivity index (χ0n) is 10.6. The molecule has 0 amide bonds. The monoisotopic (exact) mass is 230 g/mol. The van der Waals surface area contributed by atoms with Gasteiger partial charge in [0.25, 0.3) is 0 Å². The maximum absolute atomic E-state index is 6.11. The van der Waals surface area contributed by atoms with Crippen LogP contribution in [-0.2, 0) is 12.8 Å². The highest BCUT2D eigenvalue weighted by Gasteiger charge is 2.16. The largest absolute Gasteiger partial charge is 0.461 e. The Kier molecular flexibility index (Phi) is 3.35. The van der Waals surface area contributed by atoms with E-state index in [9.17, 15) is 0 Å². The Bertz CT molecular complexity index is 388. The van der Waals surface area contributed by atoms with E-state index in [1.807, 2.05) is 0 Å². The van der Waals surface area contributed by atoms with Crippen LogP contribution in [0, 0.1) is 0 Å². The Morgan fingerprint density at radius 1 is 0.824 bits per heavy atom.